The third-order valence-electron chi connectivity index (χ3n) is 3.37. The van der Waals surface area contributed by atoms with Crippen molar-refractivity contribution in [1.82, 2.24) is 10.2 Å². The standard InChI is InChI=1S/C16H26N4O/c1-6-7-11-20(5)15(17-4)19-16(21)18-14-12(2)9-8-10-13(14)3/h8-10H,6-7,11H2,1-5H3,(H2,17,18,19,21). The molecule has 2 N–H and O–H groups in total. The van der Waals surface area contributed by atoms with E-state index in [9.17, 15) is 4.79 Å². The smallest absolute Gasteiger partial charge is 0.326 e. The molecule has 2 amide bonds. The molecule has 0 aliphatic carbocycles. The number of benzene rings is 1. The van der Waals surface area contributed by atoms with E-state index in [2.05, 4.69) is 22.5 Å². The quantitative estimate of drug-likeness (QED) is 0.661. The lowest BCUT2D eigenvalue weighted by atomic mass is 10.1. The molecule has 0 saturated heterocycles. The summed E-state index contributed by atoms with van der Waals surface area (Å²) >= 11 is 0. The second kappa shape index (κ2) is 8.29. The number of aryl methyl sites for hydroxylation is 2. The van der Waals surface area contributed by atoms with E-state index in [-0.39, 0.29) is 6.03 Å². The van der Waals surface area contributed by atoms with E-state index < -0.39 is 0 Å². The Balaban J connectivity index is 2.68. The summed E-state index contributed by atoms with van der Waals surface area (Å²) < 4.78 is 0. The van der Waals surface area contributed by atoms with Gasteiger partial charge in [0.25, 0.3) is 0 Å². The van der Waals surface area contributed by atoms with Crippen molar-refractivity contribution in [2.24, 2.45) is 4.99 Å². The first-order valence-electron chi connectivity index (χ1n) is 7.31. The predicted octanol–water partition coefficient (Wildman–Crippen LogP) is 3.14. The summed E-state index contributed by atoms with van der Waals surface area (Å²) in [6, 6.07) is 5.66. The maximum Gasteiger partial charge on any atom is 0.326 e. The van der Waals surface area contributed by atoms with Gasteiger partial charge in [-0.05, 0) is 31.4 Å². The molecule has 5 heteroatoms. The van der Waals surface area contributed by atoms with Crippen LogP contribution in [0, 0.1) is 13.8 Å². The molecular formula is C16H26N4O. The van der Waals surface area contributed by atoms with Gasteiger partial charge in [-0.15, -0.1) is 0 Å². The van der Waals surface area contributed by atoms with Gasteiger partial charge in [0, 0.05) is 26.3 Å². The maximum absolute atomic E-state index is 12.1. The van der Waals surface area contributed by atoms with Gasteiger partial charge in [0.15, 0.2) is 0 Å². The average Bonchev–Trinajstić information content (AvgIpc) is 2.46. The number of hydrogen-bond acceptors (Lipinski definition) is 2. The lowest BCUT2D eigenvalue weighted by molar-refractivity contribution is 0.255. The number of aliphatic imine (C=N–C) groups is 1. The average molecular weight is 290 g/mol. The highest BCUT2D eigenvalue weighted by Crippen LogP contribution is 2.18. The van der Waals surface area contributed by atoms with Crippen LogP contribution in [0.15, 0.2) is 23.2 Å². The van der Waals surface area contributed by atoms with Gasteiger partial charge >= 0.3 is 6.03 Å². The van der Waals surface area contributed by atoms with Crippen LogP contribution < -0.4 is 10.6 Å². The Morgan fingerprint density at radius 3 is 2.43 bits per heavy atom. The maximum atomic E-state index is 12.1. The van der Waals surface area contributed by atoms with Gasteiger partial charge in [0.05, 0.1) is 0 Å². The zero-order valence-corrected chi connectivity index (χ0v) is 13.7. The normalized spacial score (nSPS) is 11.2. The fourth-order valence-electron chi connectivity index (χ4n) is 2.08. The summed E-state index contributed by atoms with van der Waals surface area (Å²) in [5.41, 5.74) is 2.93. The van der Waals surface area contributed by atoms with Crippen molar-refractivity contribution in [2.45, 2.75) is 33.6 Å². The van der Waals surface area contributed by atoms with Crippen molar-refractivity contribution in [3.05, 3.63) is 29.3 Å². The number of carbonyl (C=O) groups excluding carboxylic acids is 1. The number of urea groups is 1. The van der Waals surface area contributed by atoms with Crippen molar-refractivity contribution >= 4 is 17.7 Å². The van der Waals surface area contributed by atoms with E-state index in [4.69, 9.17) is 0 Å². The Morgan fingerprint density at radius 2 is 1.90 bits per heavy atom. The first kappa shape index (κ1) is 17.0. The number of para-hydroxylation sites is 1. The zero-order valence-electron chi connectivity index (χ0n) is 13.7. The van der Waals surface area contributed by atoms with Crippen molar-refractivity contribution in [3.63, 3.8) is 0 Å². The Kier molecular flexibility index (Phi) is 6.72. The van der Waals surface area contributed by atoms with Gasteiger partial charge in [0.2, 0.25) is 5.96 Å². The number of hydrogen-bond donors (Lipinski definition) is 2. The number of unbranched alkanes of at least 4 members (excludes halogenated alkanes) is 1. The minimum absolute atomic E-state index is 0.267. The van der Waals surface area contributed by atoms with Gasteiger partial charge in [0.1, 0.15) is 0 Å². The van der Waals surface area contributed by atoms with Crippen LogP contribution in [0.4, 0.5) is 10.5 Å². The highest BCUT2D eigenvalue weighted by atomic mass is 16.2. The number of rotatable bonds is 4. The third-order valence-corrected chi connectivity index (χ3v) is 3.37. The summed E-state index contributed by atoms with van der Waals surface area (Å²) in [5.74, 6) is 0.576. The van der Waals surface area contributed by atoms with Crippen LogP contribution >= 0.6 is 0 Å². The second-order valence-corrected chi connectivity index (χ2v) is 5.17. The summed E-state index contributed by atoms with van der Waals surface area (Å²) in [4.78, 5) is 18.2. The largest absolute Gasteiger partial charge is 0.346 e. The molecule has 0 atom stereocenters. The number of amides is 2. The van der Waals surface area contributed by atoms with Crippen LogP contribution in [-0.2, 0) is 0 Å². The second-order valence-electron chi connectivity index (χ2n) is 5.17. The van der Waals surface area contributed by atoms with E-state index in [1.807, 2.05) is 44.0 Å². The molecule has 0 radical (unpaired) electrons. The van der Waals surface area contributed by atoms with Crippen LogP contribution in [0.2, 0.25) is 0 Å². The minimum atomic E-state index is -0.267. The van der Waals surface area contributed by atoms with E-state index in [0.29, 0.717) is 5.96 Å². The SMILES string of the molecule is CCCCN(C)C(=NC)NC(=O)Nc1c(C)cccc1C. The van der Waals surface area contributed by atoms with Gasteiger partial charge < -0.3 is 10.2 Å². The summed E-state index contributed by atoms with van der Waals surface area (Å²) in [5, 5.41) is 5.70. The van der Waals surface area contributed by atoms with E-state index >= 15 is 0 Å². The van der Waals surface area contributed by atoms with Crippen molar-refractivity contribution in [1.29, 1.82) is 0 Å². The molecule has 0 aromatic heterocycles. The molecule has 0 heterocycles. The minimum Gasteiger partial charge on any atom is -0.346 e. The van der Waals surface area contributed by atoms with E-state index in [1.54, 1.807) is 7.05 Å². The summed E-state index contributed by atoms with van der Waals surface area (Å²) in [7, 11) is 3.61. The molecule has 5 nitrogen and oxygen atoms in total. The number of anilines is 1. The molecule has 0 spiro atoms. The molecular weight excluding hydrogens is 264 g/mol. The Hall–Kier alpha value is -2.04. The van der Waals surface area contributed by atoms with Gasteiger partial charge in [-0.2, -0.15) is 0 Å². The van der Waals surface area contributed by atoms with E-state index in [0.717, 1.165) is 36.2 Å². The molecule has 1 rings (SSSR count). The number of nitrogens with one attached hydrogen (secondary N) is 2. The van der Waals surface area contributed by atoms with Crippen LogP contribution in [0.3, 0.4) is 0 Å². The van der Waals surface area contributed by atoms with Crippen LogP contribution in [0.1, 0.15) is 30.9 Å². The summed E-state index contributed by atoms with van der Waals surface area (Å²) in [6.07, 6.45) is 2.17. The monoisotopic (exact) mass is 290 g/mol. The fourth-order valence-corrected chi connectivity index (χ4v) is 2.08. The van der Waals surface area contributed by atoms with Crippen LogP contribution in [0.25, 0.3) is 0 Å². The molecule has 116 valence electrons. The molecule has 0 aliphatic heterocycles. The lowest BCUT2D eigenvalue weighted by Gasteiger charge is -2.21. The Bertz CT molecular complexity index is 491. The Morgan fingerprint density at radius 1 is 1.29 bits per heavy atom. The molecule has 0 unspecified atom stereocenters. The molecule has 1 aromatic carbocycles. The Labute approximate surface area is 127 Å². The fraction of sp³-hybridized carbons (Fsp3) is 0.500. The molecule has 21 heavy (non-hydrogen) atoms. The number of carbonyl (C=O) groups is 1. The van der Waals surface area contributed by atoms with Gasteiger partial charge in [-0.1, -0.05) is 31.5 Å². The number of nitrogens with zero attached hydrogens (tertiary/aromatic N) is 2. The molecule has 1 aromatic rings. The summed E-state index contributed by atoms with van der Waals surface area (Å²) in [6.45, 7) is 6.96. The van der Waals surface area contributed by atoms with E-state index in [1.165, 1.54) is 0 Å². The topological polar surface area (TPSA) is 56.7 Å². The van der Waals surface area contributed by atoms with Crippen molar-refractivity contribution in [3.8, 4) is 0 Å². The molecule has 0 aliphatic rings. The molecule has 0 saturated carbocycles. The first-order chi connectivity index (χ1) is 9.99. The third kappa shape index (κ3) is 5.10. The lowest BCUT2D eigenvalue weighted by Crippen LogP contribution is -2.44. The molecule has 0 fully saturated rings. The highest BCUT2D eigenvalue weighted by molar-refractivity contribution is 6.02. The molecule has 0 bridgehead atoms. The highest BCUT2D eigenvalue weighted by Gasteiger charge is 2.11. The van der Waals surface area contributed by atoms with Crippen LogP contribution in [0.5, 0.6) is 0 Å². The zero-order chi connectivity index (χ0) is 15.8. The first-order valence-corrected chi connectivity index (χ1v) is 7.31. The predicted molar refractivity (Wildman–Crippen MR) is 89.0 cm³/mol. The van der Waals surface area contributed by atoms with Crippen LogP contribution in [-0.4, -0.2) is 37.5 Å². The van der Waals surface area contributed by atoms with Crippen molar-refractivity contribution < 1.29 is 4.79 Å². The van der Waals surface area contributed by atoms with Gasteiger partial charge in [-0.3, -0.25) is 10.3 Å². The van der Waals surface area contributed by atoms with Gasteiger partial charge in [-0.25, -0.2) is 4.79 Å². The van der Waals surface area contributed by atoms with Crippen molar-refractivity contribution in [2.75, 3.05) is 26.0 Å². The number of guanidine groups is 1.